The summed E-state index contributed by atoms with van der Waals surface area (Å²) in [6.07, 6.45) is 0.247. The van der Waals surface area contributed by atoms with Crippen LogP contribution in [0.5, 0.6) is 0 Å². The van der Waals surface area contributed by atoms with Crippen molar-refractivity contribution < 1.29 is 9.90 Å². The third kappa shape index (κ3) is 3.89. The predicted octanol–water partition coefficient (Wildman–Crippen LogP) is 2.59. The molecule has 1 heterocycles. The number of halogens is 1. The van der Waals surface area contributed by atoms with E-state index in [1.165, 1.54) is 17.6 Å². The lowest BCUT2D eigenvalue weighted by atomic mass is 10.1. The zero-order valence-corrected chi connectivity index (χ0v) is 11.4. The Balaban J connectivity index is 1.93. The predicted molar refractivity (Wildman–Crippen MR) is 76.5 cm³/mol. The Bertz CT molecular complexity index is 583. The molecule has 1 atom stereocenters. The molecule has 2 aromatic rings. The van der Waals surface area contributed by atoms with Gasteiger partial charge in [0.1, 0.15) is 0 Å². The van der Waals surface area contributed by atoms with Crippen molar-refractivity contribution >= 4 is 35.1 Å². The third-order valence-corrected chi connectivity index (χ3v) is 3.49. The molecule has 1 unspecified atom stereocenters. The van der Waals surface area contributed by atoms with E-state index in [0.717, 1.165) is 4.88 Å². The van der Waals surface area contributed by atoms with Gasteiger partial charge in [0.2, 0.25) is 0 Å². The molecule has 0 radical (unpaired) electrons. The van der Waals surface area contributed by atoms with Crippen LogP contribution >= 0.6 is 22.9 Å². The number of carbonyl (C=O) groups is 1. The molecule has 6 heteroatoms. The fourth-order valence-corrected chi connectivity index (χ4v) is 2.34. The van der Waals surface area contributed by atoms with Gasteiger partial charge in [-0.15, -0.1) is 11.3 Å². The number of benzene rings is 1. The van der Waals surface area contributed by atoms with E-state index in [-0.39, 0.29) is 0 Å². The summed E-state index contributed by atoms with van der Waals surface area (Å²) < 4.78 is 0.650. The van der Waals surface area contributed by atoms with Gasteiger partial charge in [0.05, 0.1) is 10.6 Å². The van der Waals surface area contributed by atoms with Gasteiger partial charge >= 0.3 is 0 Å². The molecule has 1 aromatic carbocycles. The van der Waals surface area contributed by atoms with Crippen LogP contribution in [0.3, 0.4) is 0 Å². The van der Waals surface area contributed by atoms with E-state index in [9.17, 15) is 9.90 Å². The zero-order valence-electron chi connectivity index (χ0n) is 9.79. The van der Waals surface area contributed by atoms with Gasteiger partial charge in [-0.3, -0.25) is 4.79 Å². The van der Waals surface area contributed by atoms with Crippen LogP contribution in [0.4, 0.5) is 0 Å². The quantitative estimate of drug-likeness (QED) is 0.672. The number of hydrogen-bond acceptors (Lipinski definition) is 4. The molecule has 0 aliphatic carbocycles. The van der Waals surface area contributed by atoms with E-state index in [4.69, 9.17) is 11.6 Å². The lowest BCUT2D eigenvalue weighted by Crippen LogP contribution is -2.25. The molecule has 0 saturated heterocycles. The first-order chi connectivity index (χ1) is 9.16. The van der Waals surface area contributed by atoms with Gasteiger partial charge in [-0.2, -0.15) is 5.10 Å². The highest BCUT2D eigenvalue weighted by Gasteiger charge is 2.15. The van der Waals surface area contributed by atoms with E-state index < -0.39 is 12.0 Å². The first-order valence-corrected chi connectivity index (χ1v) is 6.67. The molecule has 0 bridgehead atoms. The smallest absolute Gasteiger partial charge is 0.273 e. The maximum atomic E-state index is 11.6. The Kier molecular flexibility index (Phi) is 4.68. The van der Waals surface area contributed by atoms with Gasteiger partial charge in [0.15, 0.2) is 6.10 Å². The summed E-state index contributed by atoms with van der Waals surface area (Å²) in [6, 6.07) is 12.2. The third-order valence-electron chi connectivity index (χ3n) is 2.32. The number of hydrazone groups is 1. The van der Waals surface area contributed by atoms with Crippen LogP contribution in [-0.4, -0.2) is 17.2 Å². The summed E-state index contributed by atoms with van der Waals surface area (Å²) in [5, 5.41) is 13.6. The Morgan fingerprint density at radius 3 is 2.68 bits per heavy atom. The van der Waals surface area contributed by atoms with Crippen molar-refractivity contribution in [2.24, 2.45) is 5.10 Å². The number of nitrogens with zero attached hydrogens (tertiary/aromatic N) is 1. The Morgan fingerprint density at radius 2 is 2.05 bits per heavy atom. The fourth-order valence-electron chi connectivity index (χ4n) is 1.41. The van der Waals surface area contributed by atoms with Crippen LogP contribution in [-0.2, 0) is 4.79 Å². The maximum absolute atomic E-state index is 11.6. The summed E-state index contributed by atoms with van der Waals surface area (Å²) in [5.74, 6) is -0.579. The maximum Gasteiger partial charge on any atom is 0.273 e. The molecule has 1 aromatic heterocycles. The highest BCUT2D eigenvalue weighted by molar-refractivity contribution is 7.17. The van der Waals surface area contributed by atoms with Gasteiger partial charge in [0.25, 0.3) is 5.91 Å². The number of nitrogens with one attached hydrogen (secondary N) is 1. The number of hydrogen-bond donors (Lipinski definition) is 2. The van der Waals surface area contributed by atoms with Crippen LogP contribution < -0.4 is 5.43 Å². The summed E-state index contributed by atoms with van der Waals surface area (Å²) in [4.78, 5) is 12.5. The van der Waals surface area contributed by atoms with E-state index in [0.29, 0.717) is 9.90 Å². The number of aliphatic hydroxyl groups excluding tert-OH is 1. The average molecular weight is 295 g/mol. The number of carbonyl (C=O) groups excluding carboxylic acids is 1. The highest BCUT2D eigenvalue weighted by atomic mass is 35.5. The Labute approximate surface area is 119 Å². The second-order valence-corrected chi connectivity index (χ2v) is 5.44. The van der Waals surface area contributed by atoms with E-state index in [1.807, 2.05) is 6.07 Å². The van der Waals surface area contributed by atoms with Crippen molar-refractivity contribution in [1.29, 1.82) is 0 Å². The highest BCUT2D eigenvalue weighted by Crippen LogP contribution is 2.19. The molecule has 19 heavy (non-hydrogen) atoms. The van der Waals surface area contributed by atoms with E-state index >= 15 is 0 Å². The molecule has 4 nitrogen and oxygen atoms in total. The number of thiophene rings is 1. The van der Waals surface area contributed by atoms with Crippen molar-refractivity contribution in [2.45, 2.75) is 6.10 Å². The number of aliphatic hydroxyl groups is 1. The molecule has 0 spiro atoms. The largest absolute Gasteiger partial charge is 0.378 e. The van der Waals surface area contributed by atoms with Crippen LogP contribution in [0, 0.1) is 0 Å². The van der Waals surface area contributed by atoms with Gasteiger partial charge in [0, 0.05) is 4.88 Å². The summed E-state index contributed by atoms with van der Waals surface area (Å²) in [6.45, 7) is 0. The van der Waals surface area contributed by atoms with Crippen molar-refractivity contribution in [2.75, 3.05) is 0 Å². The lowest BCUT2D eigenvalue weighted by Gasteiger charge is -2.08. The van der Waals surface area contributed by atoms with Gasteiger partial charge in [-0.05, 0) is 17.7 Å². The minimum atomic E-state index is -1.23. The number of rotatable bonds is 4. The minimum absolute atomic E-state index is 0.523. The summed E-state index contributed by atoms with van der Waals surface area (Å²) >= 11 is 7.11. The summed E-state index contributed by atoms with van der Waals surface area (Å²) in [5.41, 5.74) is 2.81. The Morgan fingerprint density at radius 1 is 1.32 bits per heavy atom. The average Bonchev–Trinajstić information content (AvgIpc) is 2.84. The first-order valence-electron chi connectivity index (χ1n) is 5.48. The lowest BCUT2D eigenvalue weighted by molar-refractivity contribution is -0.129. The van der Waals surface area contributed by atoms with Crippen LogP contribution in [0.1, 0.15) is 16.5 Å². The molecular formula is C13H11ClN2O2S. The molecule has 1 amide bonds. The second kappa shape index (κ2) is 6.47. The molecule has 0 aliphatic heterocycles. The topological polar surface area (TPSA) is 61.7 Å². The van der Waals surface area contributed by atoms with Crippen molar-refractivity contribution in [3.63, 3.8) is 0 Å². The van der Waals surface area contributed by atoms with Crippen LogP contribution in [0.2, 0.25) is 4.34 Å². The van der Waals surface area contributed by atoms with Gasteiger partial charge in [-0.1, -0.05) is 41.9 Å². The molecule has 2 N–H and O–H groups in total. The monoisotopic (exact) mass is 294 g/mol. The normalized spacial score (nSPS) is 12.5. The van der Waals surface area contributed by atoms with Gasteiger partial charge < -0.3 is 5.11 Å². The fraction of sp³-hybridized carbons (Fsp3) is 0.0769. The number of amides is 1. The van der Waals surface area contributed by atoms with Gasteiger partial charge in [-0.25, -0.2) is 5.43 Å². The molecular weight excluding hydrogens is 284 g/mol. The molecule has 0 saturated carbocycles. The Hall–Kier alpha value is -1.69. The van der Waals surface area contributed by atoms with E-state index in [1.54, 1.807) is 36.4 Å². The van der Waals surface area contributed by atoms with Crippen molar-refractivity contribution in [3.05, 3.63) is 57.2 Å². The van der Waals surface area contributed by atoms with Crippen molar-refractivity contribution in [3.8, 4) is 0 Å². The van der Waals surface area contributed by atoms with E-state index in [2.05, 4.69) is 10.5 Å². The van der Waals surface area contributed by atoms with Crippen LogP contribution in [0.25, 0.3) is 0 Å². The second-order valence-electron chi connectivity index (χ2n) is 3.69. The minimum Gasteiger partial charge on any atom is -0.378 e. The summed E-state index contributed by atoms with van der Waals surface area (Å²) in [7, 11) is 0. The zero-order chi connectivity index (χ0) is 13.7. The molecule has 0 fully saturated rings. The van der Waals surface area contributed by atoms with Crippen molar-refractivity contribution in [1.82, 2.24) is 5.43 Å². The van der Waals surface area contributed by atoms with Crippen LogP contribution in [0.15, 0.2) is 47.6 Å². The molecule has 98 valence electrons. The first kappa shape index (κ1) is 13.7. The standard InChI is InChI=1S/C13H11ClN2O2S/c14-11-7-6-10(19-11)8-15-16-13(18)12(17)9-4-2-1-3-5-9/h1-8,12,17H,(H,16,18)/b15-8+. The molecule has 2 rings (SSSR count). The SMILES string of the molecule is O=C(N/N=C/c1ccc(Cl)s1)C(O)c1ccccc1. The molecule has 0 aliphatic rings.